The third kappa shape index (κ3) is 3.17. The second-order valence-corrected chi connectivity index (χ2v) is 6.73. The molecule has 8 heteroatoms. The van der Waals surface area contributed by atoms with Crippen molar-refractivity contribution in [3.63, 3.8) is 0 Å². The summed E-state index contributed by atoms with van der Waals surface area (Å²) < 4.78 is 22.9. The van der Waals surface area contributed by atoms with E-state index in [2.05, 4.69) is 10.2 Å². The van der Waals surface area contributed by atoms with Crippen molar-refractivity contribution in [2.45, 2.75) is 6.42 Å². The molecule has 1 saturated heterocycles. The molecular formula is C10H12ClN3O3S. The lowest BCUT2D eigenvalue weighted by atomic mass is 10.3. The molecule has 2 heterocycles. The maximum Gasteiger partial charge on any atom is 0.274 e. The largest absolute Gasteiger partial charge is 0.336 e. The average Bonchev–Trinajstić information content (AvgIpc) is 2.50. The van der Waals surface area contributed by atoms with Gasteiger partial charge in [0, 0.05) is 13.1 Å². The summed E-state index contributed by atoms with van der Waals surface area (Å²) in [5.41, 5.74) is 0.179. The van der Waals surface area contributed by atoms with Crippen LogP contribution in [0.15, 0.2) is 12.1 Å². The fourth-order valence-electron chi connectivity index (χ4n) is 1.73. The summed E-state index contributed by atoms with van der Waals surface area (Å²) in [6, 6.07) is 2.97. The second-order valence-electron chi connectivity index (χ2n) is 4.04. The van der Waals surface area contributed by atoms with Gasteiger partial charge < -0.3 is 4.90 Å². The lowest BCUT2D eigenvalue weighted by Crippen LogP contribution is -2.34. The lowest BCUT2D eigenvalue weighted by molar-refractivity contribution is 0.0761. The van der Waals surface area contributed by atoms with E-state index >= 15 is 0 Å². The van der Waals surface area contributed by atoms with Gasteiger partial charge in [0.15, 0.2) is 20.7 Å². The SMILES string of the molecule is O=C(c1ccc(Cl)nn1)N1CCCS(=O)(=O)CC1. The zero-order chi connectivity index (χ0) is 13.2. The molecule has 1 aromatic rings. The van der Waals surface area contributed by atoms with Crippen molar-refractivity contribution >= 4 is 27.3 Å². The van der Waals surface area contributed by atoms with E-state index in [1.807, 2.05) is 0 Å². The zero-order valence-corrected chi connectivity index (χ0v) is 11.1. The first-order valence-corrected chi connectivity index (χ1v) is 7.67. The molecule has 1 amide bonds. The molecule has 6 nitrogen and oxygen atoms in total. The van der Waals surface area contributed by atoms with Crippen LogP contribution in [0.4, 0.5) is 0 Å². The topological polar surface area (TPSA) is 80.2 Å². The van der Waals surface area contributed by atoms with E-state index in [0.29, 0.717) is 13.0 Å². The van der Waals surface area contributed by atoms with Gasteiger partial charge in [-0.3, -0.25) is 4.79 Å². The standard InChI is InChI=1S/C10H12ClN3O3S/c11-9-3-2-8(12-13-9)10(15)14-4-1-6-18(16,17)7-5-14/h2-3H,1,4-7H2. The quantitative estimate of drug-likeness (QED) is 0.747. The van der Waals surface area contributed by atoms with Crippen molar-refractivity contribution in [1.82, 2.24) is 15.1 Å². The number of aromatic nitrogens is 2. The molecule has 98 valence electrons. The Morgan fingerprint density at radius 3 is 2.67 bits per heavy atom. The lowest BCUT2D eigenvalue weighted by Gasteiger charge is -2.18. The van der Waals surface area contributed by atoms with Crippen molar-refractivity contribution in [1.29, 1.82) is 0 Å². The van der Waals surface area contributed by atoms with E-state index in [9.17, 15) is 13.2 Å². The van der Waals surface area contributed by atoms with E-state index in [1.165, 1.54) is 17.0 Å². The highest BCUT2D eigenvalue weighted by molar-refractivity contribution is 7.91. The molecule has 0 unspecified atom stereocenters. The molecule has 0 saturated carbocycles. The van der Waals surface area contributed by atoms with Gasteiger partial charge in [0.25, 0.3) is 5.91 Å². The minimum Gasteiger partial charge on any atom is -0.336 e. The molecule has 0 N–H and O–H groups in total. The van der Waals surface area contributed by atoms with Crippen molar-refractivity contribution < 1.29 is 13.2 Å². The van der Waals surface area contributed by atoms with Gasteiger partial charge in [-0.15, -0.1) is 10.2 Å². The number of hydrogen-bond acceptors (Lipinski definition) is 5. The smallest absolute Gasteiger partial charge is 0.274 e. The highest BCUT2D eigenvalue weighted by atomic mass is 35.5. The second kappa shape index (κ2) is 5.19. The first kappa shape index (κ1) is 13.2. The molecule has 0 aromatic carbocycles. The van der Waals surface area contributed by atoms with Crippen LogP contribution in [0.1, 0.15) is 16.9 Å². The maximum atomic E-state index is 12.1. The molecular weight excluding hydrogens is 278 g/mol. The van der Waals surface area contributed by atoms with Crippen molar-refractivity contribution in [3.8, 4) is 0 Å². The van der Waals surface area contributed by atoms with Gasteiger partial charge in [-0.2, -0.15) is 0 Å². The average molecular weight is 290 g/mol. The highest BCUT2D eigenvalue weighted by Gasteiger charge is 2.24. The molecule has 0 spiro atoms. The molecule has 1 fully saturated rings. The fourth-order valence-corrected chi connectivity index (χ4v) is 3.11. The van der Waals surface area contributed by atoms with Crippen LogP contribution in [-0.2, 0) is 9.84 Å². The molecule has 18 heavy (non-hydrogen) atoms. The highest BCUT2D eigenvalue weighted by Crippen LogP contribution is 2.10. The van der Waals surface area contributed by atoms with E-state index in [-0.39, 0.29) is 34.8 Å². The van der Waals surface area contributed by atoms with Crippen LogP contribution in [0.25, 0.3) is 0 Å². The van der Waals surface area contributed by atoms with Crippen molar-refractivity contribution in [2.75, 3.05) is 24.6 Å². The Labute approximate surface area is 110 Å². The predicted octanol–water partition coefficient (Wildman–Crippen LogP) is 0.391. The van der Waals surface area contributed by atoms with Crippen LogP contribution in [0.3, 0.4) is 0 Å². The number of sulfone groups is 1. The maximum absolute atomic E-state index is 12.1. The first-order chi connectivity index (χ1) is 8.48. The fraction of sp³-hybridized carbons (Fsp3) is 0.500. The summed E-state index contributed by atoms with van der Waals surface area (Å²) in [6.45, 7) is 0.619. The third-order valence-corrected chi connectivity index (χ3v) is 4.61. The number of halogens is 1. The summed E-state index contributed by atoms with van der Waals surface area (Å²) in [7, 11) is -3.03. The Morgan fingerprint density at radius 2 is 2.00 bits per heavy atom. The van der Waals surface area contributed by atoms with E-state index in [0.717, 1.165) is 0 Å². The van der Waals surface area contributed by atoms with E-state index in [4.69, 9.17) is 11.6 Å². The summed E-state index contributed by atoms with van der Waals surface area (Å²) in [5, 5.41) is 7.51. The van der Waals surface area contributed by atoms with Crippen LogP contribution >= 0.6 is 11.6 Å². The van der Waals surface area contributed by atoms with Gasteiger partial charge >= 0.3 is 0 Å². The summed E-state index contributed by atoms with van der Waals surface area (Å²) in [4.78, 5) is 13.5. The Hall–Kier alpha value is -1.21. The van der Waals surface area contributed by atoms with Gasteiger partial charge in [-0.25, -0.2) is 8.42 Å². The third-order valence-electron chi connectivity index (χ3n) is 2.69. The summed E-state index contributed by atoms with van der Waals surface area (Å²) >= 11 is 5.59. The van der Waals surface area contributed by atoms with Gasteiger partial charge in [-0.1, -0.05) is 11.6 Å². The normalized spacial score (nSPS) is 19.3. The number of amides is 1. The number of hydrogen-bond donors (Lipinski definition) is 0. The molecule has 0 bridgehead atoms. The number of rotatable bonds is 1. The van der Waals surface area contributed by atoms with Gasteiger partial charge in [0.05, 0.1) is 11.5 Å². The van der Waals surface area contributed by atoms with Gasteiger partial charge in [0.2, 0.25) is 0 Å². The monoisotopic (exact) mass is 289 g/mol. The summed E-state index contributed by atoms with van der Waals surface area (Å²) in [6.07, 6.45) is 0.453. The Balaban J connectivity index is 2.12. The molecule has 2 rings (SSSR count). The van der Waals surface area contributed by atoms with Crippen LogP contribution in [0.5, 0.6) is 0 Å². The van der Waals surface area contributed by atoms with Crippen molar-refractivity contribution in [2.24, 2.45) is 0 Å². The van der Waals surface area contributed by atoms with Crippen LogP contribution in [0.2, 0.25) is 5.15 Å². The zero-order valence-electron chi connectivity index (χ0n) is 9.54. The summed E-state index contributed by atoms with van der Waals surface area (Å²) in [5.74, 6) is -0.181. The first-order valence-electron chi connectivity index (χ1n) is 5.47. The van der Waals surface area contributed by atoms with Crippen LogP contribution in [0, 0.1) is 0 Å². The Kier molecular flexibility index (Phi) is 3.82. The van der Waals surface area contributed by atoms with E-state index < -0.39 is 9.84 Å². The molecule has 0 radical (unpaired) electrons. The predicted molar refractivity (Wildman–Crippen MR) is 66.2 cm³/mol. The van der Waals surface area contributed by atoms with Crippen LogP contribution in [-0.4, -0.2) is 54.0 Å². The van der Waals surface area contributed by atoms with Gasteiger partial charge in [0.1, 0.15) is 0 Å². The molecule has 0 aliphatic carbocycles. The van der Waals surface area contributed by atoms with Gasteiger partial charge in [-0.05, 0) is 18.6 Å². The molecule has 0 atom stereocenters. The van der Waals surface area contributed by atoms with Crippen LogP contribution < -0.4 is 0 Å². The minimum absolute atomic E-state index is 0.000240. The van der Waals surface area contributed by atoms with E-state index in [1.54, 1.807) is 0 Å². The Morgan fingerprint density at radius 1 is 1.22 bits per heavy atom. The van der Waals surface area contributed by atoms with Crippen molar-refractivity contribution in [3.05, 3.63) is 23.0 Å². The number of carbonyl (C=O) groups excluding carboxylic acids is 1. The number of nitrogens with zero attached hydrogens (tertiary/aromatic N) is 3. The minimum atomic E-state index is -3.03. The molecule has 1 aromatic heterocycles. The molecule has 1 aliphatic rings. The molecule has 1 aliphatic heterocycles. The number of carbonyl (C=O) groups is 1. The Bertz CT molecular complexity index is 544.